The van der Waals surface area contributed by atoms with Crippen molar-refractivity contribution >= 4 is 29.5 Å². The number of nitrogens with zero attached hydrogens (tertiary/aromatic N) is 1. The normalized spacial score (nSPS) is 21.1. The summed E-state index contributed by atoms with van der Waals surface area (Å²) in [7, 11) is 0. The van der Waals surface area contributed by atoms with E-state index in [1.165, 1.54) is 23.6 Å². The molecule has 0 aromatic heterocycles. The summed E-state index contributed by atoms with van der Waals surface area (Å²) in [5.74, 6) is -0.554. The van der Waals surface area contributed by atoms with Crippen molar-refractivity contribution in [3.05, 3.63) is 0 Å². The van der Waals surface area contributed by atoms with Gasteiger partial charge in [0.1, 0.15) is 12.1 Å². The van der Waals surface area contributed by atoms with Gasteiger partial charge in [-0.1, -0.05) is 13.8 Å². The number of thioether (sulfide) groups is 1. The second-order valence-electron chi connectivity index (χ2n) is 4.88. The third kappa shape index (κ3) is 4.12. The van der Waals surface area contributed by atoms with Crippen molar-refractivity contribution in [2.24, 2.45) is 5.92 Å². The minimum absolute atomic E-state index is 0.0829. The van der Waals surface area contributed by atoms with Crippen LogP contribution in [0, 0.1) is 5.92 Å². The van der Waals surface area contributed by atoms with Crippen molar-refractivity contribution in [3.63, 3.8) is 0 Å². The van der Waals surface area contributed by atoms with E-state index in [1.54, 1.807) is 0 Å². The largest absolute Gasteiger partial charge is 0.480 e. The highest BCUT2D eigenvalue weighted by molar-refractivity contribution is 7.99. The lowest BCUT2D eigenvalue weighted by molar-refractivity contribution is -0.151. The maximum atomic E-state index is 12.4. The fourth-order valence-corrected chi connectivity index (χ4v) is 3.02. The van der Waals surface area contributed by atoms with Gasteiger partial charge in [0.2, 0.25) is 11.8 Å². The smallest absolute Gasteiger partial charge is 0.327 e. The van der Waals surface area contributed by atoms with E-state index in [2.05, 4.69) is 5.32 Å². The third-order valence-electron chi connectivity index (χ3n) is 2.99. The zero-order valence-corrected chi connectivity index (χ0v) is 12.2. The molecule has 2 atom stereocenters. The Balaban J connectivity index is 2.87. The van der Waals surface area contributed by atoms with E-state index in [0.29, 0.717) is 12.3 Å². The highest BCUT2D eigenvalue weighted by atomic mass is 32.2. The van der Waals surface area contributed by atoms with Gasteiger partial charge < -0.3 is 15.3 Å². The Morgan fingerprint density at radius 2 is 2.00 bits per heavy atom. The molecule has 0 aromatic carbocycles. The minimum Gasteiger partial charge on any atom is -0.480 e. The van der Waals surface area contributed by atoms with E-state index in [0.717, 1.165) is 5.75 Å². The zero-order valence-electron chi connectivity index (χ0n) is 11.4. The lowest BCUT2D eigenvalue weighted by Gasteiger charge is -2.36. The Bertz CT molecular complexity index is 373. The number of carbonyl (C=O) groups excluding carboxylic acids is 2. The maximum absolute atomic E-state index is 12.4. The Morgan fingerprint density at radius 1 is 1.37 bits per heavy atom. The summed E-state index contributed by atoms with van der Waals surface area (Å²) < 4.78 is 0. The first-order valence-electron chi connectivity index (χ1n) is 6.22. The van der Waals surface area contributed by atoms with Gasteiger partial charge in [-0.15, -0.1) is 0 Å². The third-order valence-corrected chi connectivity index (χ3v) is 4.01. The Hall–Kier alpha value is -1.24. The molecule has 1 saturated heterocycles. The van der Waals surface area contributed by atoms with Gasteiger partial charge in [-0.25, -0.2) is 4.79 Å². The standard InChI is InChI=1S/C12H20N2O4S/c1-7(2)10(13-8(3)15)11(16)14-4-5-19-6-9(14)12(17)18/h7,9-10H,4-6H2,1-3H3,(H,13,15)(H,17,18). The molecule has 2 amide bonds. The molecule has 1 aliphatic heterocycles. The lowest BCUT2D eigenvalue weighted by Crippen LogP contribution is -2.58. The fourth-order valence-electron chi connectivity index (χ4n) is 1.98. The molecule has 0 aliphatic carbocycles. The van der Waals surface area contributed by atoms with E-state index < -0.39 is 18.1 Å². The van der Waals surface area contributed by atoms with Gasteiger partial charge in [-0.2, -0.15) is 11.8 Å². The number of carbonyl (C=O) groups is 3. The number of carboxylic acid groups (broad SMARTS) is 1. The van der Waals surface area contributed by atoms with Crippen LogP contribution in [-0.4, -0.2) is 57.9 Å². The summed E-state index contributed by atoms with van der Waals surface area (Å²) in [4.78, 5) is 36.2. The van der Waals surface area contributed by atoms with Crippen molar-refractivity contribution in [2.45, 2.75) is 32.9 Å². The van der Waals surface area contributed by atoms with Crippen LogP contribution in [0.5, 0.6) is 0 Å². The van der Waals surface area contributed by atoms with Crippen molar-refractivity contribution < 1.29 is 19.5 Å². The molecule has 19 heavy (non-hydrogen) atoms. The number of nitrogens with one attached hydrogen (secondary N) is 1. The summed E-state index contributed by atoms with van der Waals surface area (Å²) >= 11 is 1.52. The van der Waals surface area contributed by atoms with Crippen LogP contribution >= 0.6 is 11.8 Å². The summed E-state index contributed by atoms with van der Waals surface area (Å²) in [6, 6.07) is -1.47. The van der Waals surface area contributed by atoms with E-state index in [9.17, 15) is 14.4 Å². The monoisotopic (exact) mass is 288 g/mol. The molecule has 1 fully saturated rings. The van der Waals surface area contributed by atoms with E-state index in [-0.39, 0.29) is 17.7 Å². The average molecular weight is 288 g/mol. The molecule has 1 heterocycles. The molecule has 6 nitrogen and oxygen atoms in total. The van der Waals surface area contributed by atoms with Gasteiger partial charge in [0, 0.05) is 25.0 Å². The zero-order chi connectivity index (χ0) is 14.6. The number of rotatable bonds is 4. The van der Waals surface area contributed by atoms with Gasteiger partial charge in [-0.3, -0.25) is 9.59 Å². The molecule has 2 N–H and O–H groups in total. The van der Waals surface area contributed by atoms with Crippen LogP contribution in [0.1, 0.15) is 20.8 Å². The van der Waals surface area contributed by atoms with Crippen molar-refractivity contribution in [1.82, 2.24) is 10.2 Å². The van der Waals surface area contributed by atoms with Crippen LogP contribution in [0.3, 0.4) is 0 Å². The number of carboxylic acids is 1. The Kier molecular flexibility index (Phi) is 5.65. The summed E-state index contributed by atoms with van der Waals surface area (Å²) in [6.45, 7) is 5.41. The number of amides is 2. The topological polar surface area (TPSA) is 86.7 Å². The van der Waals surface area contributed by atoms with Crippen LogP contribution in [0.15, 0.2) is 0 Å². The molecule has 0 aromatic rings. The van der Waals surface area contributed by atoms with Crippen LogP contribution in [0.2, 0.25) is 0 Å². The minimum atomic E-state index is -0.995. The van der Waals surface area contributed by atoms with Crippen molar-refractivity contribution in [2.75, 3.05) is 18.1 Å². The molecule has 0 radical (unpaired) electrons. The number of hydrogen-bond donors (Lipinski definition) is 2. The molecule has 0 saturated carbocycles. The average Bonchev–Trinajstić information content (AvgIpc) is 2.34. The quantitative estimate of drug-likeness (QED) is 0.770. The first kappa shape index (κ1) is 15.8. The Morgan fingerprint density at radius 3 is 2.47 bits per heavy atom. The predicted octanol–water partition coefficient (Wildman–Crippen LogP) is 0.176. The highest BCUT2D eigenvalue weighted by Crippen LogP contribution is 2.19. The summed E-state index contributed by atoms with van der Waals surface area (Å²) in [5.41, 5.74) is 0. The molecule has 108 valence electrons. The van der Waals surface area contributed by atoms with Crippen LogP contribution < -0.4 is 5.32 Å². The SMILES string of the molecule is CC(=O)NC(C(=O)N1CCSCC1C(=O)O)C(C)C. The molecule has 1 rings (SSSR count). The second-order valence-corrected chi connectivity index (χ2v) is 6.03. The van der Waals surface area contributed by atoms with Gasteiger partial charge in [0.05, 0.1) is 0 Å². The molecule has 2 unspecified atom stereocenters. The highest BCUT2D eigenvalue weighted by Gasteiger charge is 2.36. The maximum Gasteiger partial charge on any atom is 0.327 e. The molecular weight excluding hydrogens is 268 g/mol. The first-order chi connectivity index (χ1) is 8.84. The number of aliphatic carboxylic acids is 1. The van der Waals surface area contributed by atoms with E-state index in [1.807, 2.05) is 13.8 Å². The molecule has 0 spiro atoms. The van der Waals surface area contributed by atoms with Crippen LogP contribution in [0.25, 0.3) is 0 Å². The molecular formula is C12H20N2O4S. The lowest BCUT2D eigenvalue weighted by atomic mass is 10.0. The first-order valence-corrected chi connectivity index (χ1v) is 7.38. The molecule has 0 bridgehead atoms. The van der Waals surface area contributed by atoms with Crippen LogP contribution in [-0.2, 0) is 14.4 Å². The molecule has 7 heteroatoms. The van der Waals surface area contributed by atoms with Crippen molar-refractivity contribution in [1.29, 1.82) is 0 Å². The van der Waals surface area contributed by atoms with Gasteiger partial charge in [-0.05, 0) is 5.92 Å². The molecule has 1 aliphatic rings. The van der Waals surface area contributed by atoms with Crippen molar-refractivity contribution in [3.8, 4) is 0 Å². The van der Waals surface area contributed by atoms with E-state index >= 15 is 0 Å². The summed E-state index contributed by atoms with van der Waals surface area (Å²) in [5, 5.41) is 11.8. The Labute approximate surface area is 116 Å². The van der Waals surface area contributed by atoms with Gasteiger partial charge >= 0.3 is 5.97 Å². The number of hydrogen-bond acceptors (Lipinski definition) is 4. The van der Waals surface area contributed by atoms with Crippen LogP contribution in [0.4, 0.5) is 0 Å². The fraction of sp³-hybridized carbons (Fsp3) is 0.750. The summed E-state index contributed by atoms with van der Waals surface area (Å²) in [6.07, 6.45) is 0. The van der Waals surface area contributed by atoms with E-state index in [4.69, 9.17) is 5.11 Å². The van der Waals surface area contributed by atoms with Gasteiger partial charge in [0.25, 0.3) is 0 Å². The predicted molar refractivity (Wildman–Crippen MR) is 72.9 cm³/mol. The van der Waals surface area contributed by atoms with Gasteiger partial charge in [0.15, 0.2) is 0 Å². The second kappa shape index (κ2) is 6.79.